The Kier molecular flexibility index (Phi) is 4.71. The SMILES string of the molecule is Cc1ccc(Nc2c(C(=O)NOCC3CC3)ccc(F)c2F)cn1. The standard InChI is InChI=1S/C17H17F2N3O2/c1-10-2-5-12(8-20-10)21-16-13(6-7-14(18)15(16)19)17(23)22-24-9-11-3-4-11/h2,5-8,11,21H,3-4,9H2,1H3,(H,22,23). The smallest absolute Gasteiger partial charge is 0.277 e. The zero-order valence-electron chi connectivity index (χ0n) is 13.1. The fourth-order valence-corrected chi connectivity index (χ4v) is 2.11. The van der Waals surface area contributed by atoms with E-state index in [-0.39, 0.29) is 11.3 Å². The molecule has 5 nitrogen and oxygen atoms in total. The third-order valence-corrected chi connectivity index (χ3v) is 3.70. The molecule has 0 unspecified atom stereocenters. The highest BCUT2D eigenvalue weighted by Crippen LogP contribution is 2.29. The maximum absolute atomic E-state index is 14.2. The summed E-state index contributed by atoms with van der Waals surface area (Å²) in [6, 6.07) is 5.50. The van der Waals surface area contributed by atoms with Crippen molar-refractivity contribution in [2.24, 2.45) is 5.92 Å². The minimum Gasteiger partial charge on any atom is -0.351 e. The second-order valence-electron chi connectivity index (χ2n) is 5.78. The Labute approximate surface area is 138 Å². The van der Waals surface area contributed by atoms with Crippen LogP contribution in [0.1, 0.15) is 28.9 Å². The lowest BCUT2D eigenvalue weighted by Crippen LogP contribution is -2.26. The van der Waals surface area contributed by atoms with E-state index >= 15 is 0 Å². The van der Waals surface area contributed by atoms with Crippen molar-refractivity contribution in [1.82, 2.24) is 10.5 Å². The van der Waals surface area contributed by atoms with Crippen molar-refractivity contribution in [3.8, 4) is 0 Å². The molecule has 7 heteroatoms. The lowest BCUT2D eigenvalue weighted by molar-refractivity contribution is 0.0270. The van der Waals surface area contributed by atoms with Crippen LogP contribution in [0.2, 0.25) is 0 Å². The van der Waals surface area contributed by atoms with Crippen LogP contribution in [-0.2, 0) is 4.84 Å². The number of anilines is 2. The molecule has 0 bridgehead atoms. The predicted molar refractivity (Wildman–Crippen MR) is 84.8 cm³/mol. The van der Waals surface area contributed by atoms with Crippen LogP contribution in [0, 0.1) is 24.5 Å². The molecule has 24 heavy (non-hydrogen) atoms. The average molecular weight is 333 g/mol. The Morgan fingerprint density at radius 3 is 2.75 bits per heavy atom. The number of halogens is 2. The monoisotopic (exact) mass is 333 g/mol. The van der Waals surface area contributed by atoms with Crippen molar-refractivity contribution in [2.45, 2.75) is 19.8 Å². The first kappa shape index (κ1) is 16.3. The molecule has 1 heterocycles. The predicted octanol–water partition coefficient (Wildman–Crippen LogP) is 3.48. The number of benzene rings is 1. The molecule has 0 atom stereocenters. The molecule has 3 rings (SSSR count). The van der Waals surface area contributed by atoms with Crippen LogP contribution in [0.3, 0.4) is 0 Å². The summed E-state index contributed by atoms with van der Waals surface area (Å²) in [6.07, 6.45) is 3.63. The minimum atomic E-state index is -1.13. The number of aromatic nitrogens is 1. The fourth-order valence-electron chi connectivity index (χ4n) is 2.11. The number of hydrogen-bond acceptors (Lipinski definition) is 4. The van der Waals surface area contributed by atoms with Gasteiger partial charge in [-0.15, -0.1) is 0 Å². The Morgan fingerprint density at radius 2 is 2.08 bits per heavy atom. The minimum absolute atomic E-state index is 0.0507. The van der Waals surface area contributed by atoms with Crippen molar-refractivity contribution in [3.63, 3.8) is 0 Å². The molecule has 1 saturated carbocycles. The number of rotatable bonds is 6. The van der Waals surface area contributed by atoms with E-state index in [4.69, 9.17) is 4.84 Å². The number of aryl methyl sites for hydroxylation is 1. The normalized spacial score (nSPS) is 13.6. The van der Waals surface area contributed by atoms with E-state index in [2.05, 4.69) is 15.8 Å². The molecule has 1 fully saturated rings. The molecule has 1 aromatic carbocycles. The number of carbonyl (C=O) groups excluding carboxylic acids is 1. The van der Waals surface area contributed by atoms with Gasteiger partial charge >= 0.3 is 0 Å². The Balaban J connectivity index is 1.80. The van der Waals surface area contributed by atoms with Crippen molar-refractivity contribution >= 4 is 17.3 Å². The van der Waals surface area contributed by atoms with Crippen LogP contribution in [0.25, 0.3) is 0 Å². The molecule has 1 amide bonds. The molecule has 1 aliphatic rings. The largest absolute Gasteiger partial charge is 0.351 e. The Hall–Kier alpha value is -2.54. The third-order valence-electron chi connectivity index (χ3n) is 3.70. The van der Waals surface area contributed by atoms with E-state index in [0.29, 0.717) is 18.2 Å². The third kappa shape index (κ3) is 3.86. The summed E-state index contributed by atoms with van der Waals surface area (Å²) in [5, 5.41) is 2.71. The van der Waals surface area contributed by atoms with Gasteiger partial charge in [0.25, 0.3) is 5.91 Å². The molecule has 0 aliphatic heterocycles. The first-order chi connectivity index (χ1) is 11.5. The van der Waals surface area contributed by atoms with Crippen molar-refractivity contribution < 1.29 is 18.4 Å². The van der Waals surface area contributed by atoms with Gasteiger partial charge in [0.1, 0.15) is 0 Å². The highest BCUT2D eigenvalue weighted by molar-refractivity contribution is 5.99. The van der Waals surface area contributed by atoms with Crippen LogP contribution in [0.4, 0.5) is 20.2 Å². The first-order valence-corrected chi connectivity index (χ1v) is 7.64. The second-order valence-corrected chi connectivity index (χ2v) is 5.78. The number of nitrogens with one attached hydrogen (secondary N) is 2. The van der Waals surface area contributed by atoms with Crippen LogP contribution in [0.15, 0.2) is 30.5 Å². The van der Waals surface area contributed by atoms with Gasteiger partial charge < -0.3 is 5.32 Å². The fraction of sp³-hybridized carbons (Fsp3) is 0.294. The van der Waals surface area contributed by atoms with Crippen LogP contribution >= 0.6 is 0 Å². The Morgan fingerprint density at radius 1 is 1.29 bits per heavy atom. The summed E-state index contributed by atoms with van der Waals surface area (Å²) in [6.45, 7) is 2.22. The molecule has 126 valence electrons. The van der Waals surface area contributed by atoms with Gasteiger partial charge in [-0.3, -0.25) is 14.6 Å². The highest BCUT2D eigenvalue weighted by atomic mass is 19.2. The maximum Gasteiger partial charge on any atom is 0.277 e. The van der Waals surface area contributed by atoms with Gasteiger partial charge in [-0.05, 0) is 49.9 Å². The number of hydroxylamine groups is 1. The molecular formula is C17H17F2N3O2. The van der Waals surface area contributed by atoms with Gasteiger partial charge in [0.05, 0.1) is 29.7 Å². The van der Waals surface area contributed by atoms with Crippen LogP contribution < -0.4 is 10.8 Å². The van der Waals surface area contributed by atoms with Gasteiger partial charge in [-0.1, -0.05) is 0 Å². The van der Waals surface area contributed by atoms with Crippen molar-refractivity contribution in [2.75, 3.05) is 11.9 Å². The lowest BCUT2D eigenvalue weighted by atomic mass is 10.1. The molecule has 2 aromatic rings. The number of hydrogen-bond donors (Lipinski definition) is 2. The van der Waals surface area contributed by atoms with E-state index in [1.807, 2.05) is 6.92 Å². The molecule has 2 N–H and O–H groups in total. The molecular weight excluding hydrogens is 316 g/mol. The molecule has 0 saturated heterocycles. The zero-order chi connectivity index (χ0) is 17.1. The lowest BCUT2D eigenvalue weighted by Gasteiger charge is -2.13. The number of amides is 1. The van der Waals surface area contributed by atoms with Crippen LogP contribution in [-0.4, -0.2) is 17.5 Å². The second kappa shape index (κ2) is 6.92. The van der Waals surface area contributed by atoms with E-state index in [0.717, 1.165) is 24.6 Å². The summed E-state index contributed by atoms with van der Waals surface area (Å²) in [5.41, 5.74) is 3.19. The average Bonchev–Trinajstić information content (AvgIpc) is 3.38. The van der Waals surface area contributed by atoms with Crippen molar-refractivity contribution in [3.05, 3.63) is 53.4 Å². The summed E-state index contributed by atoms with van der Waals surface area (Å²) in [4.78, 5) is 21.4. The van der Waals surface area contributed by atoms with Gasteiger partial charge in [0, 0.05) is 5.69 Å². The Bertz CT molecular complexity index is 746. The van der Waals surface area contributed by atoms with E-state index < -0.39 is 17.5 Å². The first-order valence-electron chi connectivity index (χ1n) is 7.64. The van der Waals surface area contributed by atoms with Gasteiger partial charge in [-0.25, -0.2) is 14.3 Å². The van der Waals surface area contributed by atoms with E-state index in [1.165, 1.54) is 12.3 Å². The summed E-state index contributed by atoms with van der Waals surface area (Å²) >= 11 is 0. The van der Waals surface area contributed by atoms with Crippen molar-refractivity contribution in [1.29, 1.82) is 0 Å². The number of nitrogens with zero attached hydrogens (tertiary/aromatic N) is 1. The van der Waals surface area contributed by atoms with Crippen LogP contribution in [0.5, 0.6) is 0 Å². The zero-order valence-corrected chi connectivity index (χ0v) is 13.1. The molecule has 0 radical (unpaired) electrons. The number of carbonyl (C=O) groups is 1. The van der Waals surface area contributed by atoms with Gasteiger partial charge in [-0.2, -0.15) is 0 Å². The van der Waals surface area contributed by atoms with E-state index in [9.17, 15) is 13.6 Å². The van der Waals surface area contributed by atoms with Gasteiger partial charge in [0.15, 0.2) is 11.6 Å². The number of pyridine rings is 1. The summed E-state index contributed by atoms with van der Waals surface area (Å²) < 4.78 is 27.7. The molecule has 0 spiro atoms. The maximum atomic E-state index is 14.2. The summed E-state index contributed by atoms with van der Waals surface area (Å²) in [7, 11) is 0. The molecule has 1 aromatic heterocycles. The quantitative estimate of drug-likeness (QED) is 0.795. The summed E-state index contributed by atoms with van der Waals surface area (Å²) in [5.74, 6) is -2.36. The van der Waals surface area contributed by atoms with Gasteiger partial charge in [0.2, 0.25) is 0 Å². The highest BCUT2D eigenvalue weighted by Gasteiger charge is 2.23. The topological polar surface area (TPSA) is 63.2 Å². The van der Waals surface area contributed by atoms with E-state index in [1.54, 1.807) is 12.1 Å². The molecule has 1 aliphatic carbocycles.